The van der Waals surface area contributed by atoms with Gasteiger partial charge in [-0.1, -0.05) is 6.07 Å². The molecule has 3 aliphatic rings. The highest BCUT2D eigenvalue weighted by Gasteiger charge is 2.58. The maximum atomic E-state index is 13.2. The van der Waals surface area contributed by atoms with Crippen LogP contribution in [0.25, 0.3) is 4.85 Å². The lowest BCUT2D eigenvalue weighted by molar-refractivity contribution is -0.142. The number of fused-ring (bicyclic) bond motifs is 2. The van der Waals surface area contributed by atoms with E-state index in [9.17, 15) is 19.2 Å². The lowest BCUT2D eigenvalue weighted by Crippen LogP contribution is -2.45. The number of amides is 5. The molecule has 1 aromatic carbocycles. The van der Waals surface area contributed by atoms with E-state index in [1.165, 1.54) is 11.9 Å². The fraction of sp³-hybridized carbons (Fsp3) is 0.450. The van der Waals surface area contributed by atoms with Gasteiger partial charge >= 0.3 is 18.3 Å². The van der Waals surface area contributed by atoms with Crippen LogP contribution in [0.1, 0.15) is 30.4 Å². The van der Waals surface area contributed by atoms with E-state index in [0.717, 1.165) is 16.9 Å². The lowest BCUT2D eigenvalue weighted by Gasteiger charge is -2.21. The fourth-order valence-corrected chi connectivity index (χ4v) is 4.32. The second-order valence-corrected chi connectivity index (χ2v) is 7.50. The van der Waals surface area contributed by atoms with Crippen molar-refractivity contribution >= 4 is 29.6 Å². The highest BCUT2D eigenvalue weighted by atomic mass is 16.6. The van der Waals surface area contributed by atoms with Gasteiger partial charge in [0.15, 0.2) is 0 Å². The minimum Gasteiger partial charge on any atom is -0.427 e. The summed E-state index contributed by atoms with van der Waals surface area (Å²) in [5.74, 6) is -0.996. The van der Waals surface area contributed by atoms with Gasteiger partial charge in [0.05, 0.1) is 0 Å². The van der Waals surface area contributed by atoms with Crippen molar-refractivity contribution in [2.45, 2.75) is 37.5 Å². The molecule has 2 atom stereocenters. The molecule has 4 rings (SSSR count). The van der Waals surface area contributed by atoms with Crippen molar-refractivity contribution in [2.24, 2.45) is 0 Å². The minimum absolute atomic E-state index is 0.273. The van der Waals surface area contributed by atoms with Crippen molar-refractivity contribution in [2.75, 3.05) is 25.5 Å². The zero-order valence-electron chi connectivity index (χ0n) is 16.4. The molecule has 0 unspecified atom stereocenters. The Hall–Kier alpha value is -3.61. The maximum Gasteiger partial charge on any atom is 0.418 e. The predicted molar refractivity (Wildman–Crippen MR) is 104 cm³/mol. The molecule has 10 nitrogen and oxygen atoms in total. The van der Waals surface area contributed by atoms with Crippen LogP contribution in [0.3, 0.4) is 0 Å². The number of nitrogens with one attached hydrogen (secondary N) is 2. The number of urea groups is 1. The van der Waals surface area contributed by atoms with Gasteiger partial charge in [0.1, 0.15) is 6.54 Å². The number of carbonyl (C=O) groups is 4. The average Bonchev–Trinajstić information content (AvgIpc) is 3.41. The third-order valence-corrected chi connectivity index (χ3v) is 5.83. The average molecular weight is 411 g/mol. The molecule has 1 aromatic rings. The molecule has 2 fully saturated rings. The standard InChI is InChI=1S/C20H21N5O5/c1-21-15-4-3-9-24(15)16(26)11-25-17(27)20(30-19(25)29)8-7-12-10-13(5-6-14(12)20)23-18(28)22-2/h5-6,10,15H,3-4,7-9,11H2,2H3,(H2,22,23,28)/t15-,20-/m1/s1. The van der Waals surface area contributed by atoms with Gasteiger partial charge < -0.3 is 15.4 Å². The fourth-order valence-electron chi connectivity index (χ4n) is 4.32. The molecule has 10 heteroatoms. The summed E-state index contributed by atoms with van der Waals surface area (Å²) in [5, 5.41) is 5.13. The van der Waals surface area contributed by atoms with Gasteiger partial charge in [0, 0.05) is 37.7 Å². The first-order valence-corrected chi connectivity index (χ1v) is 9.72. The SMILES string of the molecule is [C-]#[N+][C@H]1CCCN1C(=O)CN1C(=O)O[C@@]2(CCc3cc(NC(=O)NC)ccc32)C1=O. The summed E-state index contributed by atoms with van der Waals surface area (Å²) in [6.07, 6.45) is 0.685. The smallest absolute Gasteiger partial charge is 0.418 e. The first-order valence-electron chi connectivity index (χ1n) is 9.72. The number of aryl methyl sites for hydroxylation is 1. The van der Waals surface area contributed by atoms with Gasteiger partial charge in [-0.3, -0.25) is 19.3 Å². The molecule has 156 valence electrons. The molecule has 2 aliphatic heterocycles. The van der Waals surface area contributed by atoms with Crippen LogP contribution in [0.15, 0.2) is 18.2 Å². The van der Waals surface area contributed by atoms with Crippen molar-refractivity contribution in [3.8, 4) is 0 Å². The second-order valence-electron chi connectivity index (χ2n) is 7.50. The molecule has 2 N–H and O–H groups in total. The van der Waals surface area contributed by atoms with Crippen LogP contribution < -0.4 is 10.6 Å². The van der Waals surface area contributed by atoms with Crippen LogP contribution in [0.2, 0.25) is 0 Å². The highest BCUT2D eigenvalue weighted by Crippen LogP contribution is 2.46. The van der Waals surface area contributed by atoms with Crippen molar-refractivity contribution in [3.63, 3.8) is 0 Å². The Labute approximate surface area is 173 Å². The van der Waals surface area contributed by atoms with Crippen LogP contribution in [-0.4, -0.2) is 60.0 Å². The maximum absolute atomic E-state index is 13.2. The lowest BCUT2D eigenvalue weighted by atomic mass is 9.94. The number of anilines is 1. The number of rotatable bonds is 3. The van der Waals surface area contributed by atoms with Gasteiger partial charge in [0.25, 0.3) is 5.91 Å². The molecule has 0 radical (unpaired) electrons. The third-order valence-electron chi connectivity index (χ3n) is 5.83. The molecule has 1 spiro atoms. The van der Waals surface area contributed by atoms with Crippen LogP contribution in [0.4, 0.5) is 15.3 Å². The largest absolute Gasteiger partial charge is 0.427 e. The summed E-state index contributed by atoms with van der Waals surface area (Å²) in [5.41, 5.74) is 0.486. The van der Waals surface area contributed by atoms with Crippen molar-refractivity contribution in [3.05, 3.63) is 40.7 Å². The number of nitrogens with zero attached hydrogens (tertiary/aromatic N) is 3. The Morgan fingerprint density at radius 3 is 2.90 bits per heavy atom. The molecular formula is C20H21N5O5. The summed E-state index contributed by atoms with van der Waals surface area (Å²) in [7, 11) is 1.51. The molecule has 0 bridgehead atoms. The van der Waals surface area contributed by atoms with E-state index in [1.54, 1.807) is 18.2 Å². The molecule has 0 aromatic heterocycles. The summed E-state index contributed by atoms with van der Waals surface area (Å²) >= 11 is 0. The van der Waals surface area contributed by atoms with Gasteiger partial charge in [-0.25, -0.2) is 21.1 Å². The number of carbonyl (C=O) groups excluding carboxylic acids is 4. The molecule has 0 saturated carbocycles. The number of hydrogen-bond donors (Lipinski definition) is 2. The van der Waals surface area contributed by atoms with E-state index < -0.39 is 36.2 Å². The monoisotopic (exact) mass is 411 g/mol. The van der Waals surface area contributed by atoms with E-state index in [4.69, 9.17) is 11.3 Å². The highest BCUT2D eigenvalue weighted by molar-refractivity contribution is 6.06. The zero-order valence-corrected chi connectivity index (χ0v) is 16.4. The Kier molecular flexibility index (Phi) is 4.81. The predicted octanol–water partition coefficient (Wildman–Crippen LogP) is 1.43. The quantitative estimate of drug-likeness (QED) is 0.731. The molecule has 30 heavy (non-hydrogen) atoms. The van der Waals surface area contributed by atoms with Gasteiger partial charge in [-0.15, -0.1) is 0 Å². The van der Waals surface area contributed by atoms with Crippen LogP contribution in [0, 0.1) is 6.57 Å². The Morgan fingerprint density at radius 2 is 2.17 bits per heavy atom. The summed E-state index contributed by atoms with van der Waals surface area (Å²) in [6, 6.07) is 4.69. The van der Waals surface area contributed by atoms with Crippen molar-refractivity contribution in [1.29, 1.82) is 0 Å². The van der Waals surface area contributed by atoms with Crippen molar-refractivity contribution in [1.82, 2.24) is 15.1 Å². The van der Waals surface area contributed by atoms with E-state index in [2.05, 4.69) is 15.5 Å². The van der Waals surface area contributed by atoms with E-state index in [0.29, 0.717) is 30.6 Å². The summed E-state index contributed by atoms with van der Waals surface area (Å²) in [6.45, 7) is 7.21. The van der Waals surface area contributed by atoms with Crippen molar-refractivity contribution < 1.29 is 23.9 Å². The number of likely N-dealkylation sites (tertiary alicyclic amines) is 1. The minimum atomic E-state index is -1.44. The molecule has 2 saturated heterocycles. The molecular weight excluding hydrogens is 390 g/mol. The van der Waals surface area contributed by atoms with Gasteiger partial charge in [-0.2, -0.15) is 0 Å². The Bertz CT molecular complexity index is 986. The number of benzene rings is 1. The number of hydrogen-bond acceptors (Lipinski definition) is 5. The molecule has 1 aliphatic carbocycles. The normalized spacial score (nSPS) is 24.6. The van der Waals surface area contributed by atoms with Crippen LogP contribution in [0.5, 0.6) is 0 Å². The third kappa shape index (κ3) is 3.03. The van der Waals surface area contributed by atoms with Gasteiger partial charge in [0.2, 0.25) is 11.5 Å². The zero-order chi connectivity index (χ0) is 21.5. The second kappa shape index (κ2) is 7.33. The molecule has 2 heterocycles. The summed E-state index contributed by atoms with van der Waals surface area (Å²) in [4.78, 5) is 55.5. The topological polar surface area (TPSA) is 112 Å². The number of ether oxygens (including phenoxy) is 1. The first-order chi connectivity index (χ1) is 14.4. The van der Waals surface area contributed by atoms with Crippen LogP contribution in [-0.2, 0) is 26.3 Å². The Morgan fingerprint density at radius 1 is 1.37 bits per heavy atom. The summed E-state index contributed by atoms with van der Waals surface area (Å²) < 4.78 is 5.53. The van der Waals surface area contributed by atoms with Gasteiger partial charge in [-0.05, 0) is 30.5 Å². The van der Waals surface area contributed by atoms with E-state index in [-0.39, 0.29) is 12.5 Å². The van der Waals surface area contributed by atoms with Crippen LogP contribution >= 0.6 is 0 Å². The number of imide groups is 1. The van der Waals surface area contributed by atoms with E-state index in [1.807, 2.05) is 0 Å². The first kappa shape index (κ1) is 19.7. The van der Waals surface area contributed by atoms with E-state index >= 15 is 0 Å². The molecule has 5 amide bonds. The Balaban J connectivity index is 1.54.